The zero-order valence-electron chi connectivity index (χ0n) is 12.2. The first-order valence-corrected chi connectivity index (χ1v) is 7.84. The summed E-state index contributed by atoms with van der Waals surface area (Å²) in [6.07, 6.45) is 3.87. The number of carbonyl (C=O) groups is 1. The van der Waals surface area contributed by atoms with Crippen LogP contribution in [0.15, 0.2) is 42.6 Å². The molecular formula is C17H18ClN3O. The highest BCUT2D eigenvalue weighted by atomic mass is 35.5. The SMILES string of the molecule is O=C(Nc1cc(Cl)ccn1)c1ccc(C2CCNCC2)cc1. The van der Waals surface area contributed by atoms with E-state index < -0.39 is 0 Å². The molecule has 0 aliphatic carbocycles. The van der Waals surface area contributed by atoms with Gasteiger partial charge in [0.1, 0.15) is 5.82 Å². The van der Waals surface area contributed by atoms with Crippen LogP contribution >= 0.6 is 11.6 Å². The zero-order valence-corrected chi connectivity index (χ0v) is 12.9. The van der Waals surface area contributed by atoms with Crippen molar-refractivity contribution in [2.24, 2.45) is 0 Å². The van der Waals surface area contributed by atoms with Gasteiger partial charge in [0.05, 0.1) is 0 Å². The van der Waals surface area contributed by atoms with E-state index in [0.29, 0.717) is 22.3 Å². The van der Waals surface area contributed by atoms with Gasteiger partial charge >= 0.3 is 0 Å². The van der Waals surface area contributed by atoms with Crippen molar-refractivity contribution in [2.45, 2.75) is 18.8 Å². The predicted molar refractivity (Wildman–Crippen MR) is 88.5 cm³/mol. The number of rotatable bonds is 3. The zero-order chi connectivity index (χ0) is 15.4. The first-order chi connectivity index (χ1) is 10.7. The van der Waals surface area contributed by atoms with Crippen LogP contribution < -0.4 is 10.6 Å². The van der Waals surface area contributed by atoms with Crippen LogP contribution in [0.25, 0.3) is 0 Å². The summed E-state index contributed by atoms with van der Waals surface area (Å²) in [7, 11) is 0. The maximum absolute atomic E-state index is 12.2. The first kappa shape index (κ1) is 15.0. The van der Waals surface area contributed by atoms with Crippen molar-refractivity contribution in [3.05, 3.63) is 58.7 Å². The number of nitrogens with zero attached hydrogens (tertiary/aromatic N) is 1. The highest BCUT2D eigenvalue weighted by Crippen LogP contribution is 2.25. The minimum Gasteiger partial charge on any atom is -0.317 e. The molecule has 0 saturated carbocycles. The molecule has 0 atom stereocenters. The molecule has 0 bridgehead atoms. The third kappa shape index (κ3) is 3.64. The van der Waals surface area contributed by atoms with Gasteiger partial charge in [-0.25, -0.2) is 4.98 Å². The largest absolute Gasteiger partial charge is 0.317 e. The van der Waals surface area contributed by atoms with Gasteiger partial charge < -0.3 is 10.6 Å². The molecule has 114 valence electrons. The molecule has 22 heavy (non-hydrogen) atoms. The quantitative estimate of drug-likeness (QED) is 0.912. The molecule has 2 aromatic rings. The van der Waals surface area contributed by atoms with E-state index in [1.807, 2.05) is 12.1 Å². The number of hydrogen-bond acceptors (Lipinski definition) is 3. The van der Waals surface area contributed by atoms with E-state index in [1.165, 1.54) is 5.56 Å². The number of hydrogen-bond donors (Lipinski definition) is 2. The van der Waals surface area contributed by atoms with E-state index in [4.69, 9.17) is 11.6 Å². The Morgan fingerprint density at radius 1 is 1.18 bits per heavy atom. The topological polar surface area (TPSA) is 54.0 Å². The fourth-order valence-electron chi connectivity index (χ4n) is 2.72. The summed E-state index contributed by atoms with van der Waals surface area (Å²) in [5.41, 5.74) is 1.93. The van der Waals surface area contributed by atoms with Gasteiger partial charge in [0.25, 0.3) is 5.91 Å². The Balaban J connectivity index is 1.68. The Kier molecular flexibility index (Phi) is 4.71. The maximum atomic E-state index is 12.2. The molecule has 3 rings (SSSR count). The molecule has 2 heterocycles. The van der Waals surface area contributed by atoms with Gasteiger partial charge in [0.15, 0.2) is 0 Å². The van der Waals surface area contributed by atoms with Crippen molar-refractivity contribution in [3.8, 4) is 0 Å². The molecule has 1 amide bonds. The molecule has 1 aliphatic heterocycles. The number of nitrogens with one attached hydrogen (secondary N) is 2. The van der Waals surface area contributed by atoms with Gasteiger partial charge in [-0.05, 0) is 61.7 Å². The summed E-state index contributed by atoms with van der Waals surface area (Å²) in [6.45, 7) is 2.13. The van der Waals surface area contributed by atoms with Gasteiger partial charge in [-0.3, -0.25) is 4.79 Å². The van der Waals surface area contributed by atoms with Crippen LogP contribution in [0.3, 0.4) is 0 Å². The summed E-state index contributed by atoms with van der Waals surface area (Å²) >= 11 is 5.88. The molecule has 1 aliphatic rings. The summed E-state index contributed by atoms with van der Waals surface area (Å²) in [4.78, 5) is 16.3. The average Bonchev–Trinajstić information content (AvgIpc) is 2.56. The lowest BCUT2D eigenvalue weighted by molar-refractivity contribution is 0.102. The fourth-order valence-corrected chi connectivity index (χ4v) is 2.88. The van der Waals surface area contributed by atoms with Crippen LogP contribution in [0.2, 0.25) is 5.02 Å². The van der Waals surface area contributed by atoms with Gasteiger partial charge in [0.2, 0.25) is 0 Å². The lowest BCUT2D eigenvalue weighted by atomic mass is 9.90. The number of benzene rings is 1. The van der Waals surface area contributed by atoms with Crippen LogP contribution in [0.4, 0.5) is 5.82 Å². The number of piperidine rings is 1. The van der Waals surface area contributed by atoms with Crippen molar-refractivity contribution in [2.75, 3.05) is 18.4 Å². The Morgan fingerprint density at radius 2 is 1.91 bits per heavy atom. The standard InChI is InChI=1S/C17H18ClN3O/c18-15-7-10-20-16(11-15)21-17(22)14-3-1-12(2-4-14)13-5-8-19-9-6-13/h1-4,7,10-11,13,19H,5-6,8-9H2,(H,20,21,22). The number of halogens is 1. The lowest BCUT2D eigenvalue weighted by Crippen LogP contribution is -2.26. The van der Waals surface area contributed by atoms with E-state index >= 15 is 0 Å². The molecule has 5 heteroatoms. The second-order valence-corrected chi connectivity index (χ2v) is 5.90. The number of amides is 1. The second kappa shape index (κ2) is 6.90. The monoisotopic (exact) mass is 315 g/mol. The van der Waals surface area contributed by atoms with Gasteiger partial charge in [-0.15, -0.1) is 0 Å². The Morgan fingerprint density at radius 3 is 2.59 bits per heavy atom. The fraction of sp³-hybridized carbons (Fsp3) is 0.294. The lowest BCUT2D eigenvalue weighted by Gasteiger charge is -2.23. The average molecular weight is 316 g/mol. The van der Waals surface area contributed by atoms with E-state index in [0.717, 1.165) is 25.9 Å². The molecule has 0 unspecified atom stereocenters. The molecule has 0 radical (unpaired) electrons. The third-order valence-corrected chi connectivity index (χ3v) is 4.18. The van der Waals surface area contributed by atoms with Crippen molar-refractivity contribution in [1.82, 2.24) is 10.3 Å². The van der Waals surface area contributed by atoms with Crippen molar-refractivity contribution < 1.29 is 4.79 Å². The van der Waals surface area contributed by atoms with E-state index in [-0.39, 0.29) is 5.91 Å². The van der Waals surface area contributed by atoms with Crippen LogP contribution in [0.5, 0.6) is 0 Å². The predicted octanol–water partition coefficient (Wildman–Crippen LogP) is 3.45. The normalized spacial score (nSPS) is 15.5. The molecular weight excluding hydrogens is 298 g/mol. The van der Waals surface area contributed by atoms with Crippen molar-refractivity contribution >= 4 is 23.3 Å². The van der Waals surface area contributed by atoms with E-state index in [1.54, 1.807) is 18.3 Å². The van der Waals surface area contributed by atoms with Crippen LogP contribution in [-0.4, -0.2) is 24.0 Å². The van der Waals surface area contributed by atoms with E-state index in [2.05, 4.69) is 27.8 Å². The van der Waals surface area contributed by atoms with Crippen LogP contribution in [-0.2, 0) is 0 Å². The summed E-state index contributed by atoms with van der Waals surface area (Å²) in [5.74, 6) is 0.875. The number of pyridine rings is 1. The Hall–Kier alpha value is -1.91. The number of aromatic nitrogens is 1. The molecule has 2 N–H and O–H groups in total. The third-order valence-electron chi connectivity index (χ3n) is 3.95. The van der Waals surface area contributed by atoms with Crippen molar-refractivity contribution in [3.63, 3.8) is 0 Å². The van der Waals surface area contributed by atoms with E-state index in [9.17, 15) is 4.79 Å². The van der Waals surface area contributed by atoms with Crippen LogP contribution in [0.1, 0.15) is 34.7 Å². The minimum absolute atomic E-state index is 0.174. The second-order valence-electron chi connectivity index (χ2n) is 5.46. The summed E-state index contributed by atoms with van der Waals surface area (Å²) in [6, 6.07) is 11.1. The van der Waals surface area contributed by atoms with Gasteiger partial charge in [0, 0.05) is 16.8 Å². The summed E-state index contributed by atoms with van der Waals surface area (Å²) < 4.78 is 0. The Bertz CT molecular complexity index is 651. The highest BCUT2D eigenvalue weighted by molar-refractivity contribution is 6.30. The number of anilines is 1. The molecule has 1 aromatic heterocycles. The highest BCUT2D eigenvalue weighted by Gasteiger charge is 2.15. The van der Waals surface area contributed by atoms with Gasteiger partial charge in [-0.1, -0.05) is 23.7 Å². The molecule has 1 fully saturated rings. The first-order valence-electron chi connectivity index (χ1n) is 7.46. The smallest absolute Gasteiger partial charge is 0.256 e. The molecule has 0 spiro atoms. The van der Waals surface area contributed by atoms with Crippen LogP contribution in [0, 0.1) is 0 Å². The molecule has 4 nitrogen and oxygen atoms in total. The molecule has 1 aromatic carbocycles. The molecule has 1 saturated heterocycles. The van der Waals surface area contributed by atoms with Gasteiger partial charge in [-0.2, -0.15) is 0 Å². The maximum Gasteiger partial charge on any atom is 0.256 e. The Labute approximate surface area is 134 Å². The number of carbonyl (C=O) groups excluding carboxylic acids is 1. The minimum atomic E-state index is -0.174. The summed E-state index contributed by atoms with van der Waals surface area (Å²) in [5, 5.41) is 6.67. The van der Waals surface area contributed by atoms with Crippen molar-refractivity contribution in [1.29, 1.82) is 0 Å².